The van der Waals surface area contributed by atoms with E-state index in [4.69, 9.17) is 4.74 Å². The number of hydrogen-bond donors (Lipinski definition) is 0. The van der Waals surface area contributed by atoms with Crippen LogP contribution in [0.15, 0.2) is 66.7 Å². The Hall–Kier alpha value is -2.06. The second-order valence-corrected chi connectivity index (χ2v) is 7.77. The van der Waals surface area contributed by atoms with Gasteiger partial charge in [0.1, 0.15) is 5.75 Å². The molecule has 1 saturated carbocycles. The van der Waals surface area contributed by atoms with Gasteiger partial charge in [0, 0.05) is 18.0 Å². The predicted molar refractivity (Wildman–Crippen MR) is 108 cm³/mol. The lowest BCUT2D eigenvalue weighted by molar-refractivity contribution is 0.111. The molecule has 0 aromatic heterocycles. The Morgan fingerprint density at radius 3 is 2.77 bits per heavy atom. The molecule has 26 heavy (non-hydrogen) atoms. The zero-order valence-electron chi connectivity index (χ0n) is 15.8. The number of benzene rings is 2. The average Bonchev–Trinajstić information content (AvgIpc) is 2.68. The summed E-state index contributed by atoms with van der Waals surface area (Å²) >= 11 is 0. The zero-order chi connectivity index (χ0) is 18.0. The Kier molecular flexibility index (Phi) is 4.86. The van der Waals surface area contributed by atoms with Crippen LogP contribution in [0.4, 0.5) is 0 Å². The van der Waals surface area contributed by atoms with Crippen molar-refractivity contribution in [2.45, 2.75) is 43.6 Å². The Balaban J connectivity index is 1.53. The smallest absolute Gasteiger partial charge is 0.119 e. The van der Waals surface area contributed by atoms with Crippen LogP contribution in [-0.4, -0.2) is 31.1 Å². The molecule has 2 fully saturated rings. The highest BCUT2D eigenvalue weighted by Gasteiger charge is 2.46. The average molecular weight is 348 g/mol. The summed E-state index contributed by atoms with van der Waals surface area (Å²) in [4.78, 5) is 2.67. The summed E-state index contributed by atoms with van der Waals surface area (Å²) < 4.78 is 5.48. The third-order valence-electron chi connectivity index (χ3n) is 6.52. The number of nitrogens with zero attached hydrogens (tertiary/aromatic N) is 1. The lowest BCUT2D eigenvalue weighted by Crippen LogP contribution is -2.53. The molecule has 1 saturated heterocycles. The molecule has 0 amide bonds. The van der Waals surface area contributed by atoms with E-state index in [1.54, 1.807) is 7.11 Å². The summed E-state index contributed by atoms with van der Waals surface area (Å²) in [6, 6.07) is 20.0. The van der Waals surface area contributed by atoms with E-state index in [1.807, 2.05) is 6.07 Å². The zero-order valence-corrected chi connectivity index (χ0v) is 15.8. The number of hydrogen-bond acceptors (Lipinski definition) is 2. The molecule has 2 aromatic rings. The SMILES string of the molecule is C=C1[C@H]2CCC[C@@]1(c1cccc(OC)c1)CCN2CCc1ccccc1. The molecule has 0 unspecified atom stereocenters. The largest absolute Gasteiger partial charge is 0.497 e. The Morgan fingerprint density at radius 1 is 1.12 bits per heavy atom. The van der Waals surface area contributed by atoms with Crippen molar-refractivity contribution in [1.82, 2.24) is 4.90 Å². The molecule has 2 heteroatoms. The van der Waals surface area contributed by atoms with E-state index in [0.29, 0.717) is 6.04 Å². The fourth-order valence-corrected chi connectivity index (χ4v) is 5.01. The van der Waals surface area contributed by atoms with Gasteiger partial charge < -0.3 is 4.74 Å². The highest BCUT2D eigenvalue weighted by Crippen LogP contribution is 2.50. The normalized spacial score (nSPS) is 25.9. The first-order valence-electron chi connectivity index (χ1n) is 9.85. The van der Waals surface area contributed by atoms with Crippen LogP contribution in [0.1, 0.15) is 36.8 Å². The second-order valence-electron chi connectivity index (χ2n) is 7.77. The van der Waals surface area contributed by atoms with Gasteiger partial charge in [0.25, 0.3) is 0 Å². The maximum absolute atomic E-state index is 5.48. The van der Waals surface area contributed by atoms with E-state index in [9.17, 15) is 0 Å². The molecule has 0 N–H and O–H groups in total. The van der Waals surface area contributed by atoms with Crippen LogP contribution < -0.4 is 4.74 Å². The van der Waals surface area contributed by atoms with Crippen molar-refractivity contribution in [2.24, 2.45) is 0 Å². The molecule has 2 atom stereocenters. The van der Waals surface area contributed by atoms with Crippen molar-refractivity contribution in [3.05, 3.63) is 77.9 Å². The van der Waals surface area contributed by atoms with Crippen molar-refractivity contribution >= 4 is 0 Å². The standard InChI is InChI=1S/C24H29NO/c1-19-23-12-7-14-24(19,21-10-6-11-22(18-21)26-2)15-17-25(23)16-13-20-8-4-3-5-9-20/h3-6,8-11,18,23H,1,7,12-17H2,2H3/t23-,24-/m1/s1. The monoisotopic (exact) mass is 347 g/mol. The van der Waals surface area contributed by atoms with Gasteiger partial charge >= 0.3 is 0 Å². The van der Waals surface area contributed by atoms with Crippen LogP contribution >= 0.6 is 0 Å². The maximum atomic E-state index is 5.48. The minimum atomic E-state index is 0.140. The number of piperidine rings is 1. The van der Waals surface area contributed by atoms with E-state index in [1.165, 1.54) is 42.4 Å². The van der Waals surface area contributed by atoms with Crippen molar-refractivity contribution in [3.8, 4) is 5.75 Å². The van der Waals surface area contributed by atoms with Gasteiger partial charge in [-0.25, -0.2) is 0 Å². The molecule has 1 heterocycles. The third-order valence-corrected chi connectivity index (χ3v) is 6.52. The topological polar surface area (TPSA) is 12.5 Å². The minimum Gasteiger partial charge on any atom is -0.497 e. The summed E-state index contributed by atoms with van der Waals surface area (Å²) in [7, 11) is 1.75. The highest BCUT2D eigenvalue weighted by atomic mass is 16.5. The first-order chi connectivity index (χ1) is 12.7. The molecular weight excluding hydrogens is 318 g/mol. The fourth-order valence-electron chi connectivity index (χ4n) is 5.01. The molecule has 4 rings (SSSR count). The molecule has 136 valence electrons. The molecule has 1 aliphatic carbocycles. The van der Waals surface area contributed by atoms with Gasteiger partial charge in [0.05, 0.1) is 7.11 Å². The first-order valence-corrected chi connectivity index (χ1v) is 9.85. The summed E-state index contributed by atoms with van der Waals surface area (Å²) in [6.45, 7) is 6.91. The van der Waals surface area contributed by atoms with E-state index < -0.39 is 0 Å². The van der Waals surface area contributed by atoms with Crippen molar-refractivity contribution in [1.29, 1.82) is 0 Å². The molecule has 2 aromatic carbocycles. The molecule has 2 aliphatic rings. The molecule has 0 spiro atoms. The minimum absolute atomic E-state index is 0.140. The van der Waals surface area contributed by atoms with Crippen molar-refractivity contribution in [3.63, 3.8) is 0 Å². The van der Waals surface area contributed by atoms with Gasteiger partial charge in [0.15, 0.2) is 0 Å². The van der Waals surface area contributed by atoms with Crippen molar-refractivity contribution < 1.29 is 4.74 Å². The van der Waals surface area contributed by atoms with Gasteiger partial charge in [-0.15, -0.1) is 0 Å². The number of methoxy groups -OCH3 is 1. The molecule has 2 bridgehead atoms. The quantitative estimate of drug-likeness (QED) is 0.707. The van der Waals surface area contributed by atoms with Crippen LogP contribution in [-0.2, 0) is 11.8 Å². The molecule has 2 nitrogen and oxygen atoms in total. The van der Waals surface area contributed by atoms with Gasteiger partial charge in [-0.3, -0.25) is 4.90 Å². The summed E-state index contributed by atoms with van der Waals surface area (Å²) in [5.74, 6) is 0.957. The molecule has 0 radical (unpaired) electrons. The number of rotatable bonds is 5. The lowest BCUT2D eigenvalue weighted by Gasteiger charge is -2.53. The second kappa shape index (κ2) is 7.28. The van der Waals surface area contributed by atoms with Gasteiger partial charge in [0.2, 0.25) is 0 Å². The Morgan fingerprint density at radius 2 is 1.96 bits per heavy atom. The summed E-state index contributed by atoms with van der Waals surface area (Å²) in [6.07, 6.45) is 6.05. The van der Waals surface area contributed by atoms with Crippen LogP contribution in [0.2, 0.25) is 0 Å². The van der Waals surface area contributed by atoms with Gasteiger partial charge in [-0.1, -0.05) is 55.5 Å². The summed E-state index contributed by atoms with van der Waals surface area (Å²) in [5.41, 5.74) is 4.39. The maximum Gasteiger partial charge on any atom is 0.119 e. The number of ether oxygens (including phenoxy) is 1. The number of likely N-dealkylation sites (tertiary alicyclic amines) is 1. The van der Waals surface area contributed by atoms with E-state index in [0.717, 1.165) is 25.3 Å². The van der Waals surface area contributed by atoms with E-state index in [2.05, 4.69) is 60.0 Å². The van der Waals surface area contributed by atoms with Gasteiger partial charge in [-0.05, 0) is 61.1 Å². The predicted octanol–water partition coefficient (Wildman–Crippen LogP) is 4.99. The van der Waals surface area contributed by atoms with Crippen LogP contribution in [0.3, 0.4) is 0 Å². The van der Waals surface area contributed by atoms with Gasteiger partial charge in [-0.2, -0.15) is 0 Å². The molecule has 1 aliphatic heterocycles. The van der Waals surface area contributed by atoms with Crippen LogP contribution in [0.25, 0.3) is 0 Å². The van der Waals surface area contributed by atoms with E-state index in [-0.39, 0.29) is 5.41 Å². The highest BCUT2D eigenvalue weighted by molar-refractivity contribution is 5.44. The lowest BCUT2D eigenvalue weighted by atomic mass is 9.60. The van der Waals surface area contributed by atoms with Crippen molar-refractivity contribution in [2.75, 3.05) is 20.2 Å². The molecular formula is C24H29NO. The van der Waals surface area contributed by atoms with Crippen LogP contribution in [0, 0.1) is 0 Å². The Bertz CT molecular complexity index is 769. The first kappa shape index (κ1) is 17.4. The summed E-state index contributed by atoms with van der Waals surface area (Å²) in [5, 5.41) is 0. The van der Waals surface area contributed by atoms with E-state index >= 15 is 0 Å². The third kappa shape index (κ3) is 3.07. The van der Waals surface area contributed by atoms with Crippen LogP contribution in [0.5, 0.6) is 5.75 Å². The fraction of sp³-hybridized carbons (Fsp3) is 0.417. The number of fused-ring (bicyclic) bond motifs is 2. The Labute approximate surface area is 157 Å².